The summed E-state index contributed by atoms with van der Waals surface area (Å²) in [4.78, 5) is 4.40. The van der Waals surface area contributed by atoms with E-state index in [0.717, 1.165) is 36.8 Å². The maximum Gasteiger partial charge on any atom is 0.233 e. The lowest BCUT2D eigenvalue weighted by molar-refractivity contribution is 0.0590. The average molecular weight is 257 g/mol. The van der Waals surface area contributed by atoms with Crippen LogP contribution in [0.15, 0.2) is 4.52 Å². The quantitative estimate of drug-likeness (QED) is 0.807. The highest BCUT2D eigenvalue weighted by Gasteiger charge is 2.28. The third-order valence-corrected chi connectivity index (χ3v) is 3.95. The maximum absolute atomic E-state index is 6.03. The van der Waals surface area contributed by atoms with Gasteiger partial charge in [-0.15, -0.1) is 0 Å². The minimum absolute atomic E-state index is 0.0566. The molecule has 0 bridgehead atoms. The van der Waals surface area contributed by atoms with Gasteiger partial charge in [0.25, 0.3) is 0 Å². The maximum atomic E-state index is 6.03. The van der Waals surface area contributed by atoms with Crippen molar-refractivity contribution in [1.29, 1.82) is 0 Å². The lowest BCUT2D eigenvalue weighted by Crippen LogP contribution is -2.37. The molecule has 2 rings (SSSR count). The van der Waals surface area contributed by atoms with Gasteiger partial charge in [-0.1, -0.05) is 12.1 Å². The molecule has 0 aromatic carbocycles. The lowest BCUT2D eigenvalue weighted by Gasteiger charge is -2.25. The van der Waals surface area contributed by atoms with Crippen molar-refractivity contribution in [1.82, 2.24) is 10.1 Å². The van der Waals surface area contributed by atoms with Crippen LogP contribution in [0.25, 0.3) is 0 Å². The molecule has 0 amide bonds. The second kappa shape index (κ2) is 6.37. The second-order valence-electron chi connectivity index (χ2n) is 4.24. The molecule has 1 aromatic heterocycles. The van der Waals surface area contributed by atoms with Crippen LogP contribution in [0.3, 0.4) is 0 Å². The molecule has 1 aromatic rings. The van der Waals surface area contributed by atoms with Crippen LogP contribution in [0.5, 0.6) is 0 Å². The topological polar surface area (TPSA) is 74.2 Å². The second-order valence-corrected chi connectivity index (χ2v) is 5.34. The van der Waals surface area contributed by atoms with Gasteiger partial charge in [0.15, 0.2) is 5.82 Å². The summed E-state index contributed by atoms with van der Waals surface area (Å²) in [7, 11) is 0. The molecule has 1 aliphatic heterocycles. The van der Waals surface area contributed by atoms with Gasteiger partial charge in [0.1, 0.15) is 0 Å². The van der Waals surface area contributed by atoms with Gasteiger partial charge in [-0.05, 0) is 18.6 Å². The largest absolute Gasteiger partial charge is 0.381 e. The Hall–Kier alpha value is -0.590. The summed E-state index contributed by atoms with van der Waals surface area (Å²) in [6.45, 7) is 3.48. The first kappa shape index (κ1) is 12.9. The Morgan fingerprint density at radius 3 is 3.18 bits per heavy atom. The summed E-state index contributed by atoms with van der Waals surface area (Å²) in [6, 6.07) is 0.0698. The first-order valence-electron chi connectivity index (χ1n) is 6.04. The zero-order valence-corrected chi connectivity index (χ0v) is 10.9. The monoisotopic (exact) mass is 257 g/mol. The van der Waals surface area contributed by atoms with Gasteiger partial charge in [-0.3, -0.25) is 0 Å². The van der Waals surface area contributed by atoms with E-state index >= 15 is 0 Å². The van der Waals surface area contributed by atoms with Crippen molar-refractivity contribution in [3.63, 3.8) is 0 Å². The Balaban J connectivity index is 1.92. The number of thioether (sulfide) groups is 1. The summed E-state index contributed by atoms with van der Waals surface area (Å²) in [5, 5.41) is 3.98. The van der Waals surface area contributed by atoms with Gasteiger partial charge >= 0.3 is 0 Å². The van der Waals surface area contributed by atoms with Crippen LogP contribution in [0.1, 0.15) is 37.4 Å². The molecule has 0 spiro atoms. The van der Waals surface area contributed by atoms with Crippen LogP contribution >= 0.6 is 11.8 Å². The smallest absolute Gasteiger partial charge is 0.233 e. The zero-order valence-electron chi connectivity index (χ0n) is 10.1. The van der Waals surface area contributed by atoms with Crippen molar-refractivity contribution in [2.24, 2.45) is 5.73 Å². The van der Waals surface area contributed by atoms with E-state index in [1.54, 1.807) is 0 Å². The van der Waals surface area contributed by atoms with Crippen LogP contribution in [0.2, 0.25) is 0 Å². The lowest BCUT2D eigenvalue weighted by atomic mass is 9.97. The molecular formula is C11H19N3O2S. The van der Waals surface area contributed by atoms with Gasteiger partial charge in [0.2, 0.25) is 5.89 Å². The van der Waals surface area contributed by atoms with Gasteiger partial charge in [0, 0.05) is 12.6 Å². The Morgan fingerprint density at radius 2 is 2.41 bits per heavy atom. The molecule has 2 unspecified atom stereocenters. The number of nitrogens with two attached hydrogens (primary N) is 1. The van der Waals surface area contributed by atoms with Crippen LogP contribution in [-0.4, -0.2) is 35.1 Å². The first-order valence-corrected chi connectivity index (χ1v) is 7.20. The number of hydrogen-bond acceptors (Lipinski definition) is 6. The van der Waals surface area contributed by atoms with Crippen molar-refractivity contribution >= 4 is 11.8 Å². The average Bonchev–Trinajstić information content (AvgIpc) is 2.79. The van der Waals surface area contributed by atoms with E-state index in [4.69, 9.17) is 15.0 Å². The zero-order chi connectivity index (χ0) is 12.1. The van der Waals surface area contributed by atoms with Gasteiger partial charge in [-0.25, -0.2) is 0 Å². The fourth-order valence-electron chi connectivity index (χ4n) is 1.79. The molecule has 1 fully saturated rings. The molecule has 1 saturated heterocycles. The molecule has 6 heteroatoms. The van der Waals surface area contributed by atoms with E-state index < -0.39 is 0 Å². The molecule has 0 aliphatic carbocycles. The molecule has 1 aliphatic rings. The third kappa shape index (κ3) is 3.43. The SMILES string of the molecule is CCCSCc1noc(C2COCCC2N)n1. The Kier molecular flexibility index (Phi) is 4.82. The van der Waals surface area contributed by atoms with E-state index in [1.807, 2.05) is 11.8 Å². The van der Waals surface area contributed by atoms with E-state index in [0.29, 0.717) is 12.5 Å². The van der Waals surface area contributed by atoms with E-state index in [1.165, 1.54) is 0 Å². The molecule has 96 valence electrons. The fourth-order valence-corrected chi connectivity index (χ4v) is 2.53. The van der Waals surface area contributed by atoms with Crippen molar-refractivity contribution in [2.45, 2.75) is 37.5 Å². The molecular weight excluding hydrogens is 238 g/mol. The van der Waals surface area contributed by atoms with Crippen molar-refractivity contribution in [3.05, 3.63) is 11.7 Å². The highest BCUT2D eigenvalue weighted by Crippen LogP contribution is 2.23. The number of nitrogens with zero attached hydrogens (tertiary/aromatic N) is 2. The van der Waals surface area contributed by atoms with Gasteiger partial charge < -0.3 is 15.0 Å². The highest BCUT2D eigenvalue weighted by atomic mass is 32.2. The predicted molar refractivity (Wildman–Crippen MR) is 66.9 cm³/mol. The van der Waals surface area contributed by atoms with Crippen molar-refractivity contribution in [3.8, 4) is 0 Å². The number of aromatic nitrogens is 2. The third-order valence-electron chi connectivity index (χ3n) is 2.79. The summed E-state index contributed by atoms with van der Waals surface area (Å²) in [6.07, 6.45) is 2.02. The minimum atomic E-state index is 0.0566. The summed E-state index contributed by atoms with van der Waals surface area (Å²) in [5.41, 5.74) is 6.03. The molecule has 2 heterocycles. The van der Waals surface area contributed by atoms with Crippen molar-refractivity contribution in [2.75, 3.05) is 19.0 Å². The van der Waals surface area contributed by atoms with Crippen molar-refractivity contribution < 1.29 is 9.26 Å². The summed E-state index contributed by atoms with van der Waals surface area (Å²) >= 11 is 1.82. The summed E-state index contributed by atoms with van der Waals surface area (Å²) < 4.78 is 10.7. The standard InChI is InChI=1S/C11H19N3O2S/c1-2-5-17-7-10-13-11(16-14-10)8-6-15-4-3-9(8)12/h8-9H,2-7,12H2,1H3. The Bertz CT molecular complexity index is 345. The summed E-state index contributed by atoms with van der Waals surface area (Å²) in [5.74, 6) is 3.37. The molecule has 0 saturated carbocycles. The number of rotatable bonds is 5. The Labute approximate surface area is 105 Å². The van der Waals surface area contributed by atoms with Gasteiger partial charge in [-0.2, -0.15) is 16.7 Å². The number of ether oxygens (including phenoxy) is 1. The Morgan fingerprint density at radius 1 is 1.53 bits per heavy atom. The van der Waals surface area contributed by atoms with Crippen LogP contribution < -0.4 is 5.73 Å². The predicted octanol–water partition coefficient (Wildman–Crippen LogP) is 1.54. The normalized spacial score (nSPS) is 25.1. The molecule has 17 heavy (non-hydrogen) atoms. The van der Waals surface area contributed by atoms with E-state index in [2.05, 4.69) is 17.1 Å². The van der Waals surface area contributed by atoms with Gasteiger partial charge in [0.05, 0.1) is 18.3 Å². The van der Waals surface area contributed by atoms with E-state index in [-0.39, 0.29) is 12.0 Å². The molecule has 2 atom stereocenters. The minimum Gasteiger partial charge on any atom is -0.381 e. The molecule has 2 N–H and O–H groups in total. The van der Waals surface area contributed by atoms with Crippen LogP contribution in [0.4, 0.5) is 0 Å². The fraction of sp³-hybridized carbons (Fsp3) is 0.818. The molecule has 5 nitrogen and oxygen atoms in total. The molecule has 0 radical (unpaired) electrons. The van der Waals surface area contributed by atoms with Crippen LogP contribution in [-0.2, 0) is 10.5 Å². The van der Waals surface area contributed by atoms with E-state index in [9.17, 15) is 0 Å². The highest BCUT2D eigenvalue weighted by molar-refractivity contribution is 7.98. The number of hydrogen-bond donors (Lipinski definition) is 1. The van der Waals surface area contributed by atoms with Crippen LogP contribution in [0, 0.1) is 0 Å². The first-order chi connectivity index (χ1) is 8.31.